The summed E-state index contributed by atoms with van der Waals surface area (Å²) < 4.78 is 0. The molecule has 1 aromatic rings. The van der Waals surface area contributed by atoms with Crippen LogP contribution in [0.5, 0.6) is 0 Å². The second-order valence-electron chi connectivity index (χ2n) is 3.23. The number of hydrogen-bond donors (Lipinski definition) is 3. The maximum Gasteiger partial charge on any atom is 0.206 e. The van der Waals surface area contributed by atoms with Crippen molar-refractivity contribution in [3.05, 3.63) is 30.3 Å². The van der Waals surface area contributed by atoms with Crippen molar-refractivity contribution in [1.82, 2.24) is 10.2 Å². The molecule has 1 aliphatic rings. The molecule has 78 valence electrons. The molecule has 1 fully saturated rings. The molecule has 1 heterocycles. The second kappa shape index (κ2) is 4.00. The summed E-state index contributed by atoms with van der Waals surface area (Å²) in [7, 11) is 0. The van der Waals surface area contributed by atoms with Crippen LogP contribution in [0.25, 0.3) is 0 Å². The Kier molecular flexibility index (Phi) is 2.53. The molecule has 0 aliphatic carbocycles. The number of benzene rings is 1. The molecule has 0 bridgehead atoms. The topological polar surface area (TPSA) is 77.5 Å². The van der Waals surface area contributed by atoms with Gasteiger partial charge >= 0.3 is 0 Å². The van der Waals surface area contributed by atoms with Gasteiger partial charge < -0.3 is 11.1 Å². The average molecular weight is 203 g/mol. The molecule has 0 saturated carbocycles. The van der Waals surface area contributed by atoms with E-state index in [-0.39, 0.29) is 5.96 Å². The van der Waals surface area contributed by atoms with Crippen LogP contribution in [0, 0.1) is 5.41 Å². The first-order valence-corrected chi connectivity index (χ1v) is 4.76. The summed E-state index contributed by atoms with van der Waals surface area (Å²) in [6, 6.07) is 9.60. The molecule has 1 aliphatic heterocycles. The van der Waals surface area contributed by atoms with Crippen molar-refractivity contribution in [3.63, 3.8) is 0 Å². The van der Waals surface area contributed by atoms with Gasteiger partial charge in [-0.1, -0.05) is 18.2 Å². The van der Waals surface area contributed by atoms with E-state index in [0.717, 1.165) is 12.2 Å². The zero-order chi connectivity index (χ0) is 10.7. The highest BCUT2D eigenvalue weighted by molar-refractivity contribution is 5.99. The molecule has 0 unspecified atom stereocenters. The van der Waals surface area contributed by atoms with Crippen LogP contribution in [0.15, 0.2) is 35.3 Å². The van der Waals surface area contributed by atoms with Crippen LogP contribution in [0.2, 0.25) is 0 Å². The fourth-order valence-electron chi connectivity index (χ4n) is 1.44. The molecule has 5 nitrogen and oxygen atoms in total. The summed E-state index contributed by atoms with van der Waals surface area (Å²) in [5.41, 5.74) is 6.28. The Morgan fingerprint density at radius 2 is 2.13 bits per heavy atom. The summed E-state index contributed by atoms with van der Waals surface area (Å²) in [5, 5.41) is 10.5. The predicted octanol–water partition coefficient (Wildman–Crippen LogP) is 0.473. The Labute approximate surface area is 88.1 Å². The minimum atomic E-state index is 0.0229. The highest BCUT2D eigenvalue weighted by Crippen LogP contribution is 2.11. The van der Waals surface area contributed by atoms with E-state index in [1.807, 2.05) is 30.3 Å². The van der Waals surface area contributed by atoms with Crippen LogP contribution in [-0.4, -0.2) is 29.9 Å². The zero-order valence-electron chi connectivity index (χ0n) is 8.27. The standard InChI is InChI=1S/C10H13N5/c11-9(12)15-7-6-13-10(15)14-8-4-2-1-3-5-8/h1-5H,6-7H2,(H3,11,12)(H,13,14). The molecule has 0 aromatic heterocycles. The Bertz CT molecular complexity index is 384. The molecule has 15 heavy (non-hydrogen) atoms. The van der Waals surface area contributed by atoms with E-state index in [2.05, 4.69) is 10.3 Å². The van der Waals surface area contributed by atoms with Crippen LogP contribution in [-0.2, 0) is 0 Å². The number of guanidine groups is 2. The van der Waals surface area contributed by atoms with Gasteiger partial charge in [0.1, 0.15) is 0 Å². The molecule has 0 radical (unpaired) electrons. The first-order valence-electron chi connectivity index (χ1n) is 4.76. The lowest BCUT2D eigenvalue weighted by Gasteiger charge is -2.14. The molecule has 1 aromatic carbocycles. The predicted molar refractivity (Wildman–Crippen MR) is 60.2 cm³/mol. The van der Waals surface area contributed by atoms with E-state index in [0.29, 0.717) is 12.5 Å². The molecule has 5 heteroatoms. The Balaban J connectivity index is 2.23. The fourth-order valence-corrected chi connectivity index (χ4v) is 1.44. The van der Waals surface area contributed by atoms with Crippen LogP contribution < -0.4 is 11.1 Å². The molecule has 1 saturated heterocycles. The van der Waals surface area contributed by atoms with Crippen molar-refractivity contribution < 1.29 is 0 Å². The zero-order valence-corrected chi connectivity index (χ0v) is 8.27. The van der Waals surface area contributed by atoms with Crippen LogP contribution in [0.3, 0.4) is 0 Å². The molecule has 0 spiro atoms. The number of hydrogen-bond acceptors (Lipinski definition) is 2. The van der Waals surface area contributed by atoms with Gasteiger partial charge in [0, 0.05) is 13.1 Å². The van der Waals surface area contributed by atoms with Gasteiger partial charge in [0.2, 0.25) is 5.96 Å². The summed E-state index contributed by atoms with van der Waals surface area (Å²) in [6.45, 7) is 1.46. The van der Waals surface area contributed by atoms with Gasteiger partial charge in [-0.25, -0.2) is 4.99 Å². The maximum absolute atomic E-state index is 7.37. The van der Waals surface area contributed by atoms with Crippen LogP contribution in [0.1, 0.15) is 0 Å². The molecule has 2 rings (SSSR count). The van der Waals surface area contributed by atoms with Gasteiger partial charge in [-0.15, -0.1) is 0 Å². The van der Waals surface area contributed by atoms with Gasteiger partial charge in [0.05, 0.1) is 5.69 Å². The van der Waals surface area contributed by atoms with Crippen molar-refractivity contribution in [3.8, 4) is 0 Å². The van der Waals surface area contributed by atoms with E-state index in [1.54, 1.807) is 4.90 Å². The van der Waals surface area contributed by atoms with Gasteiger partial charge in [-0.2, -0.15) is 0 Å². The molecular weight excluding hydrogens is 190 g/mol. The molecular formula is C10H13N5. The van der Waals surface area contributed by atoms with Crippen LogP contribution >= 0.6 is 0 Å². The maximum atomic E-state index is 7.37. The monoisotopic (exact) mass is 203 g/mol. The lowest BCUT2D eigenvalue weighted by Crippen LogP contribution is -2.39. The van der Waals surface area contributed by atoms with Crippen LogP contribution in [0.4, 0.5) is 5.69 Å². The molecule has 0 atom stereocenters. The quantitative estimate of drug-likeness (QED) is 0.458. The summed E-state index contributed by atoms with van der Waals surface area (Å²) in [6.07, 6.45) is 0. The van der Waals surface area contributed by atoms with Gasteiger partial charge in [0.25, 0.3) is 0 Å². The number of para-hydroxylation sites is 1. The Hall–Kier alpha value is -2.04. The average Bonchev–Trinajstić information content (AvgIpc) is 2.67. The van der Waals surface area contributed by atoms with Crippen molar-refractivity contribution in [2.75, 3.05) is 13.1 Å². The minimum absolute atomic E-state index is 0.0229. The number of rotatable bonds is 1. The van der Waals surface area contributed by atoms with Crippen molar-refractivity contribution >= 4 is 17.6 Å². The van der Waals surface area contributed by atoms with E-state index in [9.17, 15) is 0 Å². The van der Waals surface area contributed by atoms with E-state index in [4.69, 9.17) is 11.1 Å². The minimum Gasteiger partial charge on any atom is -0.370 e. The summed E-state index contributed by atoms with van der Waals surface area (Å²) in [4.78, 5) is 6.02. The number of nitrogens with two attached hydrogens (primary N) is 1. The number of nitrogens with one attached hydrogen (secondary N) is 2. The third-order valence-corrected chi connectivity index (χ3v) is 2.16. The molecule has 0 amide bonds. The third kappa shape index (κ3) is 2.07. The fraction of sp³-hybridized carbons (Fsp3) is 0.200. The first kappa shape index (κ1) is 9.51. The highest BCUT2D eigenvalue weighted by Gasteiger charge is 2.19. The van der Waals surface area contributed by atoms with Crippen molar-refractivity contribution in [2.45, 2.75) is 0 Å². The lowest BCUT2D eigenvalue weighted by atomic mass is 10.3. The first-order chi connectivity index (χ1) is 7.27. The van der Waals surface area contributed by atoms with Gasteiger partial charge in [0.15, 0.2) is 5.96 Å². The van der Waals surface area contributed by atoms with Gasteiger partial charge in [-0.3, -0.25) is 10.3 Å². The van der Waals surface area contributed by atoms with E-state index >= 15 is 0 Å². The Morgan fingerprint density at radius 1 is 1.40 bits per heavy atom. The molecule has 4 N–H and O–H groups in total. The summed E-state index contributed by atoms with van der Waals surface area (Å²) in [5.74, 6) is 0.670. The van der Waals surface area contributed by atoms with Gasteiger partial charge in [-0.05, 0) is 12.1 Å². The smallest absolute Gasteiger partial charge is 0.206 e. The Morgan fingerprint density at radius 3 is 2.80 bits per heavy atom. The van der Waals surface area contributed by atoms with Crippen molar-refractivity contribution in [2.24, 2.45) is 10.7 Å². The highest BCUT2D eigenvalue weighted by atomic mass is 15.4. The van der Waals surface area contributed by atoms with Crippen molar-refractivity contribution in [1.29, 1.82) is 5.41 Å². The third-order valence-electron chi connectivity index (χ3n) is 2.16. The second-order valence-corrected chi connectivity index (χ2v) is 3.23. The SMILES string of the molecule is N=C(N)N1CCNC1=Nc1ccccc1. The normalized spacial score (nSPS) is 17.9. The summed E-state index contributed by atoms with van der Waals surface area (Å²) >= 11 is 0. The van der Waals surface area contributed by atoms with E-state index < -0.39 is 0 Å². The lowest BCUT2D eigenvalue weighted by molar-refractivity contribution is 0.661. The number of nitrogens with zero attached hydrogens (tertiary/aromatic N) is 2. The number of aliphatic imine (C=N–C) groups is 1. The van der Waals surface area contributed by atoms with E-state index in [1.165, 1.54) is 0 Å². The largest absolute Gasteiger partial charge is 0.370 e.